The molecule has 2 aromatic rings. The van der Waals surface area contributed by atoms with Crippen molar-refractivity contribution in [2.45, 2.75) is 20.3 Å². The molecule has 0 unspecified atom stereocenters. The van der Waals surface area contributed by atoms with Gasteiger partial charge in [0.2, 0.25) is 5.78 Å². The van der Waals surface area contributed by atoms with E-state index in [9.17, 15) is 4.79 Å². The quantitative estimate of drug-likeness (QED) is 0.796. The van der Waals surface area contributed by atoms with Crippen LogP contribution >= 0.6 is 15.9 Å². The van der Waals surface area contributed by atoms with Crippen molar-refractivity contribution in [3.05, 3.63) is 57.5 Å². The summed E-state index contributed by atoms with van der Waals surface area (Å²) in [7, 11) is 0. The molecule has 1 aromatic heterocycles. The van der Waals surface area contributed by atoms with Gasteiger partial charge in [0.15, 0.2) is 5.76 Å². The minimum atomic E-state index is -0.0662. The molecule has 0 radical (unpaired) electrons. The number of halogens is 1. The van der Waals surface area contributed by atoms with E-state index in [1.165, 1.54) is 0 Å². The monoisotopic (exact) mass is 292 g/mol. The van der Waals surface area contributed by atoms with Crippen LogP contribution in [0.4, 0.5) is 0 Å². The summed E-state index contributed by atoms with van der Waals surface area (Å²) in [6.07, 6.45) is 0.796. The molecule has 2 rings (SSSR count). The number of carbonyl (C=O) groups is 1. The molecule has 0 saturated carbocycles. The average molecular weight is 293 g/mol. The molecule has 0 spiro atoms. The molecule has 0 fully saturated rings. The Morgan fingerprint density at radius 1 is 1.29 bits per heavy atom. The molecule has 1 aromatic carbocycles. The highest BCUT2D eigenvalue weighted by atomic mass is 79.9. The lowest BCUT2D eigenvalue weighted by atomic mass is 10.0. The third kappa shape index (κ3) is 2.50. The predicted octanol–water partition coefficient (Wildman–Crippen LogP) is 4.14. The molecule has 88 valence electrons. The first-order valence-corrected chi connectivity index (χ1v) is 6.30. The molecule has 0 bridgehead atoms. The maximum atomic E-state index is 12.2. The zero-order valence-corrected chi connectivity index (χ0v) is 11.4. The van der Waals surface area contributed by atoms with Crippen LogP contribution in [0.25, 0.3) is 0 Å². The highest BCUT2D eigenvalue weighted by Crippen LogP contribution is 2.20. The van der Waals surface area contributed by atoms with Crippen LogP contribution in [0.1, 0.15) is 34.4 Å². The van der Waals surface area contributed by atoms with Gasteiger partial charge in [0.25, 0.3) is 0 Å². The van der Waals surface area contributed by atoms with Crippen molar-refractivity contribution in [2.75, 3.05) is 0 Å². The summed E-state index contributed by atoms with van der Waals surface area (Å²) >= 11 is 3.37. The lowest BCUT2D eigenvalue weighted by Gasteiger charge is -2.03. The van der Waals surface area contributed by atoms with Gasteiger partial charge in [0, 0.05) is 16.5 Å². The summed E-state index contributed by atoms with van der Waals surface area (Å²) in [5.41, 5.74) is 1.63. The van der Waals surface area contributed by atoms with Gasteiger partial charge in [-0.3, -0.25) is 4.79 Å². The molecule has 0 amide bonds. The van der Waals surface area contributed by atoms with Crippen molar-refractivity contribution >= 4 is 21.7 Å². The second-order valence-corrected chi connectivity index (χ2v) is 4.82. The predicted molar refractivity (Wildman–Crippen MR) is 70.4 cm³/mol. The number of benzene rings is 1. The van der Waals surface area contributed by atoms with Crippen molar-refractivity contribution in [1.29, 1.82) is 0 Å². The fraction of sp³-hybridized carbons (Fsp3) is 0.214. The number of aryl methyl sites for hydroxylation is 2. The Hall–Kier alpha value is -1.35. The second-order valence-electron chi connectivity index (χ2n) is 3.91. The average Bonchev–Trinajstić information content (AvgIpc) is 2.80. The molecular weight excluding hydrogens is 280 g/mol. The summed E-state index contributed by atoms with van der Waals surface area (Å²) in [6, 6.07) is 9.25. The lowest BCUT2D eigenvalue weighted by Crippen LogP contribution is -2.02. The van der Waals surface area contributed by atoms with Crippen molar-refractivity contribution in [1.82, 2.24) is 0 Å². The number of rotatable bonds is 3. The summed E-state index contributed by atoms with van der Waals surface area (Å²) in [4.78, 5) is 12.2. The summed E-state index contributed by atoms with van der Waals surface area (Å²) < 4.78 is 6.38. The third-order valence-electron chi connectivity index (χ3n) is 2.68. The Bertz CT molecular complexity index is 555. The molecule has 0 aliphatic rings. The van der Waals surface area contributed by atoms with E-state index >= 15 is 0 Å². The maximum absolute atomic E-state index is 12.2. The van der Waals surface area contributed by atoms with Gasteiger partial charge in [0.05, 0.1) is 0 Å². The van der Waals surface area contributed by atoms with Crippen LogP contribution in [0.15, 0.2) is 39.2 Å². The minimum absolute atomic E-state index is 0.0662. The van der Waals surface area contributed by atoms with Gasteiger partial charge in [-0.1, -0.05) is 28.9 Å². The van der Waals surface area contributed by atoms with Crippen LogP contribution in [-0.2, 0) is 6.42 Å². The lowest BCUT2D eigenvalue weighted by molar-refractivity contribution is 0.101. The van der Waals surface area contributed by atoms with Gasteiger partial charge in [-0.15, -0.1) is 0 Å². The Kier molecular flexibility index (Phi) is 3.48. The summed E-state index contributed by atoms with van der Waals surface area (Å²) in [5.74, 6) is 1.17. The first kappa shape index (κ1) is 12.1. The molecule has 0 atom stereocenters. The van der Waals surface area contributed by atoms with E-state index in [-0.39, 0.29) is 5.78 Å². The molecule has 1 heterocycles. The molecule has 2 nitrogen and oxygen atoms in total. The zero-order valence-electron chi connectivity index (χ0n) is 9.79. The largest absolute Gasteiger partial charge is 0.458 e. The molecule has 0 aliphatic heterocycles. The van der Waals surface area contributed by atoms with Crippen LogP contribution in [0.5, 0.6) is 0 Å². The first-order valence-electron chi connectivity index (χ1n) is 5.51. The summed E-state index contributed by atoms with van der Waals surface area (Å²) in [6.45, 7) is 3.92. The van der Waals surface area contributed by atoms with E-state index in [1.807, 2.05) is 38.1 Å². The van der Waals surface area contributed by atoms with Crippen LogP contribution in [0.3, 0.4) is 0 Å². The van der Waals surface area contributed by atoms with E-state index < -0.39 is 0 Å². The first-order chi connectivity index (χ1) is 8.11. The maximum Gasteiger partial charge on any atom is 0.228 e. The van der Waals surface area contributed by atoms with Crippen LogP contribution in [0.2, 0.25) is 0 Å². The van der Waals surface area contributed by atoms with Crippen molar-refractivity contribution in [3.63, 3.8) is 0 Å². The minimum Gasteiger partial charge on any atom is -0.458 e. The fourth-order valence-electron chi connectivity index (χ4n) is 1.66. The van der Waals surface area contributed by atoms with E-state index in [1.54, 1.807) is 6.07 Å². The van der Waals surface area contributed by atoms with Crippen molar-refractivity contribution < 1.29 is 9.21 Å². The highest BCUT2D eigenvalue weighted by Gasteiger charge is 2.15. The van der Waals surface area contributed by atoms with Gasteiger partial charge in [0.1, 0.15) is 5.76 Å². The number of hydrogen-bond donors (Lipinski definition) is 0. The number of ketones is 1. The number of furan rings is 1. The third-order valence-corrected chi connectivity index (χ3v) is 3.17. The van der Waals surface area contributed by atoms with Gasteiger partial charge in [-0.2, -0.15) is 0 Å². The Morgan fingerprint density at radius 3 is 2.71 bits per heavy atom. The second kappa shape index (κ2) is 4.88. The molecule has 17 heavy (non-hydrogen) atoms. The van der Waals surface area contributed by atoms with E-state index in [2.05, 4.69) is 15.9 Å². The van der Waals surface area contributed by atoms with Crippen molar-refractivity contribution in [3.8, 4) is 0 Å². The molecular formula is C14H13BrO2. The summed E-state index contributed by atoms with van der Waals surface area (Å²) in [5, 5.41) is 0. The van der Waals surface area contributed by atoms with Gasteiger partial charge < -0.3 is 4.42 Å². The SMILES string of the molecule is CCc1ccc(C(=O)c2cc(Br)ccc2C)o1. The van der Waals surface area contributed by atoms with E-state index in [0.29, 0.717) is 11.3 Å². The standard InChI is InChI=1S/C14H13BrO2/c1-3-11-6-7-13(17-11)14(16)12-8-10(15)5-4-9(12)2/h4-8H,3H2,1-2H3. The van der Waals surface area contributed by atoms with Crippen LogP contribution < -0.4 is 0 Å². The van der Waals surface area contributed by atoms with Crippen LogP contribution in [-0.4, -0.2) is 5.78 Å². The zero-order chi connectivity index (χ0) is 12.4. The normalized spacial score (nSPS) is 10.5. The van der Waals surface area contributed by atoms with Gasteiger partial charge in [-0.25, -0.2) is 0 Å². The Balaban J connectivity index is 2.39. The van der Waals surface area contributed by atoms with Gasteiger partial charge in [-0.05, 0) is 36.8 Å². The molecule has 0 N–H and O–H groups in total. The van der Waals surface area contributed by atoms with Crippen LogP contribution in [0, 0.1) is 6.92 Å². The van der Waals surface area contributed by atoms with E-state index in [4.69, 9.17) is 4.42 Å². The van der Waals surface area contributed by atoms with Gasteiger partial charge >= 0.3 is 0 Å². The molecule has 0 saturated heterocycles. The van der Waals surface area contributed by atoms with Crippen molar-refractivity contribution in [2.24, 2.45) is 0 Å². The molecule has 3 heteroatoms. The van der Waals surface area contributed by atoms with E-state index in [0.717, 1.165) is 22.2 Å². The number of hydrogen-bond acceptors (Lipinski definition) is 2. The fourth-order valence-corrected chi connectivity index (χ4v) is 2.02. The topological polar surface area (TPSA) is 30.2 Å². The Labute approximate surface area is 109 Å². The molecule has 0 aliphatic carbocycles. The smallest absolute Gasteiger partial charge is 0.228 e. The number of carbonyl (C=O) groups excluding carboxylic acids is 1. The Morgan fingerprint density at radius 2 is 2.06 bits per heavy atom. The highest BCUT2D eigenvalue weighted by molar-refractivity contribution is 9.10.